The van der Waals surface area contributed by atoms with Gasteiger partial charge in [-0.3, -0.25) is 10.0 Å². The summed E-state index contributed by atoms with van der Waals surface area (Å²) < 4.78 is 5.41. The maximum Gasteiger partial charge on any atom is 0.244 e. The second-order valence-electron chi connectivity index (χ2n) is 7.39. The molecule has 0 radical (unpaired) electrons. The van der Waals surface area contributed by atoms with Gasteiger partial charge in [-0.25, -0.2) is 5.48 Å². The number of carbonyl (C=O) groups excluding carboxylic acids is 1. The monoisotopic (exact) mass is 373 g/mol. The number of amides is 1. The fourth-order valence-electron chi connectivity index (χ4n) is 3.73. The predicted molar refractivity (Wildman–Crippen MR) is 97.8 cm³/mol. The predicted octanol–water partition coefficient (Wildman–Crippen LogP) is 3.56. The van der Waals surface area contributed by atoms with Crippen LogP contribution in [-0.4, -0.2) is 31.5 Å². The molecule has 0 aromatic carbocycles. The van der Waals surface area contributed by atoms with Gasteiger partial charge in [-0.15, -0.1) is 5.10 Å². The minimum absolute atomic E-state index is 0.113. The lowest BCUT2D eigenvalue weighted by molar-refractivity contribution is -0.129. The van der Waals surface area contributed by atoms with Gasteiger partial charge in [0.25, 0.3) is 0 Å². The zero-order chi connectivity index (χ0) is 19.1. The molecule has 1 aliphatic rings. The Morgan fingerprint density at radius 3 is 2.81 bits per heavy atom. The van der Waals surface area contributed by atoms with Crippen LogP contribution < -0.4 is 5.48 Å². The van der Waals surface area contributed by atoms with Crippen molar-refractivity contribution >= 4 is 5.91 Å². The average molecular weight is 373 g/mol. The van der Waals surface area contributed by atoms with Crippen molar-refractivity contribution in [2.75, 3.05) is 0 Å². The number of nitrogens with zero attached hydrogens (tertiary/aromatic N) is 4. The second kappa shape index (κ2) is 9.55. The van der Waals surface area contributed by atoms with Gasteiger partial charge in [0.05, 0.1) is 5.69 Å². The van der Waals surface area contributed by atoms with Crippen LogP contribution in [0.15, 0.2) is 16.7 Å². The van der Waals surface area contributed by atoms with Gasteiger partial charge in [-0.05, 0) is 31.4 Å². The summed E-state index contributed by atoms with van der Waals surface area (Å²) in [7, 11) is 0. The van der Waals surface area contributed by atoms with Crippen LogP contribution in [0.3, 0.4) is 0 Å². The van der Waals surface area contributed by atoms with Crippen molar-refractivity contribution in [1.29, 1.82) is 0 Å². The molecule has 1 aliphatic carbocycles. The lowest BCUT2D eigenvalue weighted by atomic mass is 9.84. The van der Waals surface area contributed by atoms with Gasteiger partial charge in [-0.1, -0.05) is 50.1 Å². The summed E-state index contributed by atoms with van der Waals surface area (Å²) in [6, 6.07) is 3.62. The highest BCUT2D eigenvalue weighted by Gasteiger charge is 2.24. The summed E-state index contributed by atoms with van der Waals surface area (Å²) in [4.78, 5) is 16.1. The van der Waals surface area contributed by atoms with Crippen molar-refractivity contribution in [1.82, 2.24) is 25.8 Å². The number of hydrogen-bond acceptors (Lipinski definition) is 7. The molecule has 1 unspecified atom stereocenters. The van der Waals surface area contributed by atoms with Crippen molar-refractivity contribution in [3.05, 3.63) is 23.7 Å². The number of hydrogen-bond donors (Lipinski definition) is 2. The first kappa shape index (κ1) is 19.4. The average Bonchev–Trinajstić information content (AvgIpc) is 3.18. The van der Waals surface area contributed by atoms with Crippen molar-refractivity contribution in [2.45, 2.75) is 70.6 Å². The Labute approximate surface area is 158 Å². The van der Waals surface area contributed by atoms with E-state index in [9.17, 15) is 4.79 Å². The zero-order valence-corrected chi connectivity index (χ0v) is 15.7. The van der Waals surface area contributed by atoms with E-state index in [0.717, 1.165) is 30.9 Å². The van der Waals surface area contributed by atoms with Crippen LogP contribution in [0.4, 0.5) is 0 Å². The lowest BCUT2D eigenvalue weighted by Gasteiger charge is -2.22. The third kappa shape index (κ3) is 5.56. The van der Waals surface area contributed by atoms with E-state index in [4.69, 9.17) is 9.73 Å². The Morgan fingerprint density at radius 1 is 1.30 bits per heavy atom. The molecule has 8 heteroatoms. The van der Waals surface area contributed by atoms with Crippen LogP contribution in [0.25, 0.3) is 11.5 Å². The summed E-state index contributed by atoms with van der Waals surface area (Å²) in [5, 5.41) is 20.9. The van der Waals surface area contributed by atoms with Crippen LogP contribution in [0.2, 0.25) is 0 Å². The third-order valence-corrected chi connectivity index (χ3v) is 5.26. The molecular weight excluding hydrogens is 346 g/mol. The SMILES string of the molecule is Cc1ccc(-c2noc(C(CCCC3CCCCC3)CC(=O)NO)n2)nn1. The maximum absolute atomic E-state index is 11.7. The fraction of sp³-hybridized carbons (Fsp3) is 0.632. The number of carbonyl (C=O) groups is 1. The summed E-state index contributed by atoms with van der Waals surface area (Å²) >= 11 is 0. The van der Waals surface area contributed by atoms with E-state index in [0.29, 0.717) is 17.4 Å². The molecular formula is C19H27N5O3. The number of aryl methyl sites for hydroxylation is 1. The van der Waals surface area contributed by atoms with Crippen LogP contribution in [0.1, 0.15) is 75.3 Å². The van der Waals surface area contributed by atoms with E-state index < -0.39 is 5.91 Å². The Bertz CT molecular complexity index is 725. The first-order valence-corrected chi connectivity index (χ1v) is 9.73. The van der Waals surface area contributed by atoms with Crippen LogP contribution in [-0.2, 0) is 4.79 Å². The molecule has 0 aliphatic heterocycles. The van der Waals surface area contributed by atoms with Gasteiger partial charge in [0, 0.05) is 12.3 Å². The maximum atomic E-state index is 11.7. The Kier molecular flexibility index (Phi) is 6.86. The van der Waals surface area contributed by atoms with E-state index in [1.807, 2.05) is 13.0 Å². The first-order chi connectivity index (χ1) is 13.2. The largest absolute Gasteiger partial charge is 0.339 e. The summed E-state index contributed by atoms with van der Waals surface area (Å²) in [6.07, 6.45) is 9.64. The molecule has 2 heterocycles. The molecule has 2 aromatic rings. The van der Waals surface area contributed by atoms with E-state index in [-0.39, 0.29) is 12.3 Å². The molecule has 1 fully saturated rings. The summed E-state index contributed by atoms with van der Waals surface area (Å²) in [6.45, 7) is 1.86. The Hall–Kier alpha value is -2.35. The fourth-order valence-corrected chi connectivity index (χ4v) is 3.73. The van der Waals surface area contributed by atoms with Crippen LogP contribution >= 0.6 is 0 Å². The van der Waals surface area contributed by atoms with E-state index in [2.05, 4.69) is 20.3 Å². The molecule has 1 amide bonds. The molecule has 146 valence electrons. The number of hydroxylamine groups is 1. The van der Waals surface area contributed by atoms with Gasteiger partial charge >= 0.3 is 0 Å². The summed E-state index contributed by atoms with van der Waals surface area (Å²) in [5.41, 5.74) is 3.04. The molecule has 8 nitrogen and oxygen atoms in total. The second-order valence-corrected chi connectivity index (χ2v) is 7.39. The molecule has 1 saturated carbocycles. The number of aromatic nitrogens is 4. The van der Waals surface area contributed by atoms with Crippen LogP contribution in [0.5, 0.6) is 0 Å². The van der Waals surface area contributed by atoms with Gasteiger partial charge in [0.2, 0.25) is 17.6 Å². The van der Waals surface area contributed by atoms with Crippen molar-refractivity contribution in [3.8, 4) is 11.5 Å². The molecule has 2 aromatic heterocycles. The smallest absolute Gasteiger partial charge is 0.244 e. The first-order valence-electron chi connectivity index (χ1n) is 9.73. The highest BCUT2D eigenvalue weighted by molar-refractivity contribution is 5.75. The van der Waals surface area contributed by atoms with E-state index in [1.165, 1.54) is 32.1 Å². The minimum Gasteiger partial charge on any atom is -0.339 e. The number of nitrogens with one attached hydrogen (secondary N) is 1. The van der Waals surface area contributed by atoms with E-state index in [1.54, 1.807) is 11.5 Å². The van der Waals surface area contributed by atoms with E-state index >= 15 is 0 Å². The topological polar surface area (TPSA) is 114 Å². The minimum atomic E-state index is -0.451. The van der Waals surface area contributed by atoms with Gasteiger partial charge in [-0.2, -0.15) is 10.1 Å². The molecule has 3 rings (SSSR count). The molecule has 1 atom stereocenters. The van der Waals surface area contributed by atoms with Gasteiger partial charge in [0.15, 0.2) is 0 Å². The normalized spacial score (nSPS) is 16.2. The number of rotatable bonds is 8. The van der Waals surface area contributed by atoms with Gasteiger partial charge < -0.3 is 4.52 Å². The summed E-state index contributed by atoms with van der Waals surface area (Å²) in [5.74, 6) is 0.874. The molecule has 0 spiro atoms. The standard InChI is InChI=1S/C19H27N5O3/c1-13-10-11-16(22-21-13)18-20-19(27-24-18)15(12-17(25)23-26)9-5-8-14-6-3-2-4-7-14/h10-11,14-15,26H,2-9,12H2,1H3,(H,23,25). The molecule has 0 saturated heterocycles. The van der Waals surface area contributed by atoms with Crippen molar-refractivity contribution in [2.24, 2.45) is 5.92 Å². The lowest BCUT2D eigenvalue weighted by Crippen LogP contribution is -2.21. The Morgan fingerprint density at radius 2 is 2.11 bits per heavy atom. The van der Waals surface area contributed by atoms with Crippen LogP contribution in [0, 0.1) is 12.8 Å². The molecule has 2 N–H and O–H groups in total. The quantitative estimate of drug-likeness (QED) is 0.537. The van der Waals surface area contributed by atoms with Crippen molar-refractivity contribution < 1.29 is 14.5 Å². The van der Waals surface area contributed by atoms with Crippen molar-refractivity contribution in [3.63, 3.8) is 0 Å². The zero-order valence-electron chi connectivity index (χ0n) is 15.7. The highest BCUT2D eigenvalue weighted by Crippen LogP contribution is 2.31. The highest BCUT2D eigenvalue weighted by atomic mass is 16.5. The Balaban J connectivity index is 1.64. The van der Waals surface area contributed by atoms with Gasteiger partial charge in [0.1, 0.15) is 5.69 Å². The molecule has 0 bridgehead atoms. The third-order valence-electron chi connectivity index (χ3n) is 5.26. The molecule has 27 heavy (non-hydrogen) atoms.